The van der Waals surface area contributed by atoms with Gasteiger partial charge in [0.25, 0.3) is 0 Å². The highest BCUT2D eigenvalue weighted by Gasteiger charge is 2.23. The molecule has 1 aromatic heterocycles. The summed E-state index contributed by atoms with van der Waals surface area (Å²) in [6, 6.07) is 6.26. The van der Waals surface area contributed by atoms with Crippen LogP contribution in [0.4, 0.5) is 8.78 Å². The van der Waals surface area contributed by atoms with Crippen molar-refractivity contribution in [2.45, 2.75) is 32.6 Å². The zero-order valence-electron chi connectivity index (χ0n) is 15.4. The molecule has 5 nitrogen and oxygen atoms in total. The third kappa shape index (κ3) is 7.69. The van der Waals surface area contributed by atoms with Crippen LogP contribution in [-0.4, -0.2) is 30.8 Å². The van der Waals surface area contributed by atoms with E-state index in [-0.39, 0.29) is 42.8 Å². The number of aliphatic imine (C=N–C) groups is 1. The minimum atomic E-state index is -2.93. The summed E-state index contributed by atoms with van der Waals surface area (Å²) in [7, 11) is 0. The van der Waals surface area contributed by atoms with Crippen LogP contribution in [0.25, 0.3) is 0 Å². The molecule has 0 fully saturated rings. The molecule has 0 saturated heterocycles. The van der Waals surface area contributed by atoms with E-state index in [0.717, 1.165) is 5.56 Å². The topological polar surface area (TPSA) is 65.9 Å². The third-order valence-corrected chi connectivity index (χ3v) is 4.65. The molecule has 0 spiro atoms. The molecule has 2 aromatic rings. The van der Waals surface area contributed by atoms with Crippen molar-refractivity contribution in [3.8, 4) is 5.75 Å². The van der Waals surface area contributed by atoms with Crippen LogP contribution in [0.2, 0.25) is 5.02 Å². The smallest absolute Gasteiger partial charge is 0.387 e. The van der Waals surface area contributed by atoms with Gasteiger partial charge in [0.05, 0.1) is 13.1 Å². The first kappa shape index (κ1) is 24.9. The average molecular weight is 546 g/mol. The fourth-order valence-corrected chi connectivity index (χ4v) is 3.29. The SMILES string of the molecule is CCNC(=NCc1cc(Cl)ccc1OC(F)F)NCC(C)(O)c1ccsc1.I. The molecule has 1 aromatic carbocycles. The molecule has 2 rings (SSSR count). The third-order valence-electron chi connectivity index (χ3n) is 3.73. The second kappa shape index (κ2) is 11.7. The average Bonchev–Trinajstić information content (AvgIpc) is 3.14. The number of benzene rings is 1. The van der Waals surface area contributed by atoms with Gasteiger partial charge in [0.15, 0.2) is 5.96 Å². The van der Waals surface area contributed by atoms with Crippen LogP contribution in [0.15, 0.2) is 40.0 Å². The number of nitrogens with one attached hydrogen (secondary N) is 2. The molecule has 0 amide bonds. The Bertz CT molecular complexity index is 761. The van der Waals surface area contributed by atoms with Crippen LogP contribution in [-0.2, 0) is 12.1 Å². The van der Waals surface area contributed by atoms with Crippen LogP contribution in [0.5, 0.6) is 5.75 Å². The number of rotatable bonds is 8. The Morgan fingerprint density at radius 1 is 1.36 bits per heavy atom. The number of aliphatic hydroxyl groups is 1. The van der Waals surface area contributed by atoms with Crippen LogP contribution in [0, 0.1) is 0 Å². The predicted octanol–water partition coefficient (Wildman–Crippen LogP) is 4.58. The largest absolute Gasteiger partial charge is 0.434 e. The van der Waals surface area contributed by atoms with Crippen molar-refractivity contribution in [3.05, 3.63) is 51.2 Å². The van der Waals surface area contributed by atoms with Gasteiger partial charge in [-0.1, -0.05) is 11.6 Å². The normalized spacial score (nSPS) is 13.6. The van der Waals surface area contributed by atoms with Gasteiger partial charge in [-0.2, -0.15) is 20.1 Å². The van der Waals surface area contributed by atoms with Gasteiger partial charge in [0, 0.05) is 17.1 Å². The molecule has 0 bridgehead atoms. The zero-order valence-corrected chi connectivity index (χ0v) is 19.3. The van der Waals surface area contributed by atoms with Crippen LogP contribution >= 0.6 is 46.9 Å². The van der Waals surface area contributed by atoms with Crippen molar-refractivity contribution in [1.82, 2.24) is 10.6 Å². The van der Waals surface area contributed by atoms with E-state index in [1.165, 1.54) is 29.5 Å². The number of halogens is 4. The first-order valence-electron chi connectivity index (χ1n) is 8.32. The molecule has 0 aliphatic rings. The molecule has 156 valence electrons. The first-order chi connectivity index (χ1) is 12.8. The highest BCUT2D eigenvalue weighted by Crippen LogP contribution is 2.25. The Balaban J connectivity index is 0.00000392. The number of hydrogen-bond acceptors (Lipinski definition) is 4. The maximum atomic E-state index is 12.6. The number of thiophene rings is 1. The van der Waals surface area contributed by atoms with Crippen molar-refractivity contribution in [2.24, 2.45) is 4.99 Å². The molecule has 0 aliphatic carbocycles. The molecule has 0 saturated carbocycles. The lowest BCUT2D eigenvalue weighted by molar-refractivity contribution is -0.0504. The molecule has 0 aliphatic heterocycles. The number of hydrogen-bond donors (Lipinski definition) is 3. The highest BCUT2D eigenvalue weighted by atomic mass is 127. The molecule has 10 heteroatoms. The molecule has 3 N–H and O–H groups in total. The van der Waals surface area contributed by atoms with Gasteiger partial charge in [0.1, 0.15) is 11.4 Å². The molecule has 1 unspecified atom stereocenters. The maximum Gasteiger partial charge on any atom is 0.387 e. The first-order valence-corrected chi connectivity index (χ1v) is 9.64. The van der Waals surface area contributed by atoms with E-state index in [2.05, 4.69) is 20.4 Å². The highest BCUT2D eigenvalue weighted by molar-refractivity contribution is 14.0. The van der Waals surface area contributed by atoms with Crippen LogP contribution in [0.3, 0.4) is 0 Å². The number of guanidine groups is 1. The lowest BCUT2D eigenvalue weighted by Crippen LogP contribution is -2.44. The van der Waals surface area contributed by atoms with E-state index in [1.54, 1.807) is 6.92 Å². The van der Waals surface area contributed by atoms with E-state index in [9.17, 15) is 13.9 Å². The number of ether oxygens (including phenoxy) is 1. The molecular formula is C18H23ClF2IN3O2S. The van der Waals surface area contributed by atoms with Crippen molar-refractivity contribution < 1.29 is 18.6 Å². The van der Waals surface area contributed by atoms with Crippen molar-refractivity contribution in [2.75, 3.05) is 13.1 Å². The Hall–Kier alpha value is -1.17. The fraction of sp³-hybridized carbons (Fsp3) is 0.389. The Morgan fingerprint density at radius 3 is 2.71 bits per heavy atom. The summed E-state index contributed by atoms with van der Waals surface area (Å²) >= 11 is 7.46. The molecule has 1 atom stereocenters. The number of nitrogens with zero attached hydrogens (tertiary/aromatic N) is 1. The van der Waals surface area contributed by atoms with Crippen molar-refractivity contribution in [1.29, 1.82) is 0 Å². The van der Waals surface area contributed by atoms with E-state index in [0.29, 0.717) is 23.1 Å². The maximum absolute atomic E-state index is 12.6. The van der Waals surface area contributed by atoms with Gasteiger partial charge in [-0.15, -0.1) is 24.0 Å². The monoisotopic (exact) mass is 545 g/mol. The second-order valence-corrected chi connectivity index (χ2v) is 7.18. The van der Waals surface area contributed by atoms with E-state index < -0.39 is 12.2 Å². The summed E-state index contributed by atoms with van der Waals surface area (Å²) in [5, 5.41) is 20.9. The van der Waals surface area contributed by atoms with Crippen LogP contribution in [0.1, 0.15) is 25.0 Å². The lowest BCUT2D eigenvalue weighted by Gasteiger charge is -2.24. The van der Waals surface area contributed by atoms with Gasteiger partial charge in [-0.25, -0.2) is 4.99 Å². The number of alkyl halides is 2. The summed E-state index contributed by atoms with van der Waals surface area (Å²) in [6.07, 6.45) is 0. The van der Waals surface area contributed by atoms with E-state index in [1.807, 2.05) is 23.8 Å². The summed E-state index contributed by atoms with van der Waals surface area (Å²) < 4.78 is 29.6. The zero-order chi connectivity index (χ0) is 19.9. The van der Waals surface area contributed by atoms with E-state index in [4.69, 9.17) is 11.6 Å². The van der Waals surface area contributed by atoms with Crippen molar-refractivity contribution in [3.63, 3.8) is 0 Å². The van der Waals surface area contributed by atoms with E-state index >= 15 is 0 Å². The standard InChI is InChI=1S/C18H22ClF2N3O2S.HI/c1-3-22-17(24-11-18(2,25)13-6-7-27-10-13)23-9-12-8-14(19)4-5-15(12)26-16(20)21;/h4-8,10,16,25H,3,9,11H2,1-2H3,(H2,22,23,24);1H. The predicted molar refractivity (Wildman–Crippen MR) is 120 cm³/mol. The van der Waals surface area contributed by atoms with Gasteiger partial charge >= 0.3 is 6.61 Å². The fourth-order valence-electron chi connectivity index (χ4n) is 2.32. The molecule has 1 heterocycles. The lowest BCUT2D eigenvalue weighted by atomic mass is 9.99. The van der Waals surface area contributed by atoms with Crippen molar-refractivity contribution >= 4 is 52.9 Å². The summed E-state index contributed by atoms with van der Waals surface area (Å²) in [4.78, 5) is 4.38. The Kier molecular flexibility index (Phi) is 10.4. The Morgan fingerprint density at radius 2 is 2.11 bits per heavy atom. The minimum Gasteiger partial charge on any atom is -0.434 e. The molecular weight excluding hydrogens is 523 g/mol. The van der Waals surface area contributed by atoms with Gasteiger partial charge in [-0.05, 0) is 54.4 Å². The minimum absolute atomic E-state index is 0. The second-order valence-electron chi connectivity index (χ2n) is 5.97. The van der Waals surface area contributed by atoms with Gasteiger partial charge in [-0.3, -0.25) is 0 Å². The Labute approximate surface area is 189 Å². The van der Waals surface area contributed by atoms with Crippen LogP contribution < -0.4 is 15.4 Å². The summed E-state index contributed by atoms with van der Waals surface area (Å²) in [6.45, 7) is 1.59. The quantitative estimate of drug-likeness (QED) is 0.258. The summed E-state index contributed by atoms with van der Waals surface area (Å²) in [5.74, 6) is 0.468. The summed E-state index contributed by atoms with van der Waals surface area (Å²) in [5.41, 5.74) is 0.166. The van der Waals surface area contributed by atoms with Gasteiger partial charge in [0.2, 0.25) is 0 Å². The van der Waals surface area contributed by atoms with Gasteiger partial charge < -0.3 is 20.5 Å². The molecule has 0 radical (unpaired) electrons. The molecule has 28 heavy (non-hydrogen) atoms.